The molecule has 0 radical (unpaired) electrons. The summed E-state index contributed by atoms with van der Waals surface area (Å²) in [4.78, 5) is 14.0. The van der Waals surface area contributed by atoms with Crippen molar-refractivity contribution in [3.05, 3.63) is 66.4 Å². The van der Waals surface area contributed by atoms with E-state index < -0.39 is 12.3 Å². The van der Waals surface area contributed by atoms with E-state index in [1.54, 1.807) is 24.3 Å². The second kappa shape index (κ2) is 7.53. The molecule has 0 bridgehead atoms. The molecule has 3 rings (SSSR count). The molecule has 0 aliphatic carbocycles. The number of ether oxygens (including phenoxy) is 1. The van der Waals surface area contributed by atoms with E-state index in [0.29, 0.717) is 5.69 Å². The van der Waals surface area contributed by atoms with Crippen molar-refractivity contribution >= 4 is 18.3 Å². The number of aromatic amines is 1. The zero-order valence-electron chi connectivity index (χ0n) is 13.2. The number of primary amides is 1. The van der Waals surface area contributed by atoms with Crippen LogP contribution in [0.4, 0.5) is 13.2 Å². The number of alkyl halides is 3. The van der Waals surface area contributed by atoms with Crippen LogP contribution in [0.15, 0.2) is 60.7 Å². The van der Waals surface area contributed by atoms with Crippen molar-refractivity contribution in [2.24, 2.45) is 5.73 Å². The summed E-state index contributed by atoms with van der Waals surface area (Å²) in [6.45, 7) is 0. The maximum atomic E-state index is 12.2. The summed E-state index contributed by atoms with van der Waals surface area (Å²) in [5.74, 6) is -0.803. The van der Waals surface area contributed by atoms with Crippen LogP contribution in [-0.4, -0.2) is 17.3 Å². The molecule has 0 aliphatic rings. The number of amides is 1. The van der Waals surface area contributed by atoms with Gasteiger partial charge in [-0.2, -0.15) is 0 Å². The van der Waals surface area contributed by atoms with Gasteiger partial charge in [0.05, 0.1) is 0 Å². The molecule has 0 atom stereocenters. The predicted octanol–water partition coefficient (Wildman–Crippen LogP) is 4.77. The second-order valence-electron chi connectivity index (χ2n) is 5.30. The zero-order chi connectivity index (χ0) is 18.0. The summed E-state index contributed by atoms with van der Waals surface area (Å²) in [6, 6.07) is 16.3. The molecular weight excluding hydrogens is 369 g/mol. The first-order valence-corrected chi connectivity index (χ1v) is 7.27. The average Bonchev–Trinajstić information content (AvgIpc) is 3.05. The Morgan fingerprint density at radius 3 is 1.81 bits per heavy atom. The predicted molar refractivity (Wildman–Crippen MR) is 94.1 cm³/mol. The molecule has 136 valence electrons. The highest BCUT2D eigenvalue weighted by molar-refractivity contribution is 5.92. The summed E-state index contributed by atoms with van der Waals surface area (Å²) >= 11 is 0. The van der Waals surface area contributed by atoms with E-state index >= 15 is 0 Å². The first kappa shape index (κ1) is 19.4. The largest absolute Gasteiger partial charge is 0.573 e. The minimum absolute atomic E-state index is 0. The van der Waals surface area contributed by atoms with Gasteiger partial charge in [-0.25, -0.2) is 0 Å². The molecule has 0 fully saturated rings. The van der Waals surface area contributed by atoms with Gasteiger partial charge < -0.3 is 15.5 Å². The zero-order valence-corrected chi connectivity index (χ0v) is 14.0. The van der Waals surface area contributed by atoms with Gasteiger partial charge in [-0.1, -0.05) is 36.4 Å². The van der Waals surface area contributed by atoms with Gasteiger partial charge in [-0.05, 0) is 41.0 Å². The number of nitrogens with two attached hydrogens (primary N) is 1. The van der Waals surface area contributed by atoms with E-state index in [0.717, 1.165) is 22.4 Å². The Morgan fingerprint density at radius 1 is 0.846 bits per heavy atom. The van der Waals surface area contributed by atoms with Crippen LogP contribution in [0.5, 0.6) is 5.75 Å². The third-order valence-electron chi connectivity index (χ3n) is 3.57. The topological polar surface area (TPSA) is 68.1 Å². The Labute approximate surface area is 153 Å². The highest BCUT2D eigenvalue weighted by Gasteiger charge is 2.30. The van der Waals surface area contributed by atoms with E-state index in [4.69, 9.17) is 5.73 Å². The smallest absolute Gasteiger partial charge is 0.406 e. The van der Waals surface area contributed by atoms with Crippen molar-refractivity contribution in [3.8, 4) is 28.1 Å². The lowest BCUT2D eigenvalue weighted by molar-refractivity contribution is -0.274. The monoisotopic (exact) mass is 382 g/mol. The van der Waals surface area contributed by atoms with Crippen molar-refractivity contribution < 1.29 is 22.7 Å². The van der Waals surface area contributed by atoms with Gasteiger partial charge in [0, 0.05) is 5.69 Å². The van der Waals surface area contributed by atoms with Crippen molar-refractivity contribution in [2.75, 3.05) is 0 Å². The number of H-pyrrole nitrogens is 1. The van der Waals surface area contributed by atoms with E-state index in [1.165, 1.54) is 12.1 Å². The summed E-state index contributed by atoms with van der Waals surface area (Å²) < 4.78 is 40.4. The van der Waals surface area contributed by atoms with Crippen LogP contribution in [0.2, 0.25) is 0 Å². The Balaban J connectivity index is 0.00000243. The third kappa shape index (κ3) is 4.58. The van der Waals surface area contributed by atoms with Crippen molar-refractivity contribution in [1.82, 2.24) is 4.98 Å². The first-order chi connectivity index (χ1) is 11.8. The van der Waals surface area contributed by atoms with Gasteiger partial charge in [0.15, 0.2) is 0 Å². The van der Waals surface area contributed by atoms with Gasteiger partial charge in [-0.3, -0.25) is 4.79 Å². The molecule has 0 saturated carbocycles. The quantitative estimate of drug-likeness (QED) is 0.682. The number of aromatic nitrogens is 1. The molecule has 4 nitrogen and oxygen atoms in total. The summed E-state index contributed by atoms with van der Waals surface area (Å²) in [5.41, 5.74) is 8.72. The van der Waals surface area contributed by atoms with E-state index in [2.05, 4.69) is 9.72 Å². The van der Waals surface area contributed by atoms with Crippen molar-refractivity contribution in [2.45, 2.75) is 6.36 Å². The number of carbonyl (C=O) groups is 1. The number of carbonyl (C=O) groups excluding carboxylic acids is 1. The normalized spacial score (nSPS) is 10.9. The molecule has 26 heavy (non-hydrogen) atoms. The van der Waals surface area contributed by atoms with Crippen LogP contribution in [0.25, 0.3) is 22.4 Å². The van der Waals surface area contributed by atoms with E-state index in [1.807, 2.05) is 24.3 Å². The summed E-state index contributed by atoms with van der Waals surface area (Å²) in [7, 11) is 0. The van der Waals surface area contributed by atoms with E-state index in [-0.39, 0.29) is 18.2 Å². The Bertz CT molecular complexity index is 888. The maximum absolute atomic E-state index is 12.2. The summed E-state index contributed by atoms with van der Waals surface area (Å²) in [5, 5.41) is 0. The molecule has 2 aromatic carbocycles. The Hall–Kier alpha value is -2.93. The average molecular weight is 383 g/mol. The number of hydrogen-bond acceptors (Lipinski definition) is 2. The van der Waals surface area contributed by atoms with Gasteiger partial charge in [0.25, 0.3) is 5.91 Å². The molecule has 8 heteroatoms. The van der Waals surface area contributed by atoms with Crippen LogP contribution in [0, 0.1) is 0 Å². The fourth-order valence-corrected chi connectivity index (χ4v) is 2.40. The molecule has 3 N–H and O–H groups in total. The van der Waals surface area contributed by atoms with Crippen LogP contribution >= 0.6 is 12.4 Å². The lowest BCUT2D eigenvalue weighted by Gasteiger charge is -2.09. The van der Waals surface area contributed by atoms with Crippen LogP contribution in [0.1, 0.15) is 10.5 Å². The fraction of sp³-hybridized carbons (Fsp3) is 0.0556. The summed E-state index contributed by atoms with van der Waals surface area (Å²) in [6.07, 6.45) is -4.71. The van der Waals surface area contributed by atoms with Gasteiger partial charge in [0.2, 0.25) is 0 Å². The molecule has 0 unspecified atom stereocenters. The van der Waals surface area contributed by atoms with Crippen LogP contribution in [-0.2, 0) is 0 Å². The second-order valence-corrected chi connectivity index (χ2v) is 5.30. The van der Waals surface area contributed by atoms with E-state index in [9.17, 15) is 18.0 Å². The molecule has 1 heterocycles. The molecule has 3 aromatic rings. The van der Waals surface area contributed by atoms with Crippen molar-refractivity contribution in [3.63, 3.8) is 0 Å². The first-order valence-electron chi connectivity index (χ1n) is 7.27. The Kier molecular flexibility index (Phi) is 5.62. The third-order valence-corrected chi connectivity index (χ3v) is 3.57. The number of nitrogens with one attached hydrogen (secondary N) is 1. The number of benzene rings is 2. The minimum Gasteiger partial charge on any atom is -0.406 e. The molecule has 0 saturated heterocycles. The number of halogens is 4. The molecular formula is C18H14ClF3N2O2. The number of rotatable bonds is 4. The van der Waals surface area contributed by atoms with Crippen LogP contribution in [0.3, 0.4) is 0 Å². The minimum atomic E-state index is -4.71. The SMILES string of the molecule is Cl.NC(=O)c1ccc(-c2ccc(-c3ccc(OC(F)(F)F)cc3)cc2)[nH]1. The van der Waals surface area contributed by atoms with Gasteiger partial charge in [0.1, 0.15) is 11.4 Å². The molecule has 0 spiro atoms. The maximum Gasteiger partial charge on any atom is 0.573 e. The Morgan fingerprint density at radius 2 is 1.35 bits per heavy atom. The van der Waals surface area contributed by atoms with Gasteiger partial charge in [-0.15, -0.1) is 25.6 Å². The highest BCUT2D eigenvalue weighted by Crippen LogP contribution is 2.28. The molecule has 0 aliphatic heterocycles. The highest BCUT2D eigenvalue weighted by atomic mass is 35.5. The lowest BCUT2D eigenvalue weighted by atomic mass is 10.0. The standard InChI is InChI=1S/C18H13F3N2O2.ClH/c19-18(20,21)25-14-7-5-12(6-8-14)11-1-3-13(4-2-11)15-9-10-16(23-15)17(22)24;/h1-10,23H,(H2,22,24);1H. The van der Waals surface area contributed by atoms with Crippen molar-refractivity contribution in [1.29, 1.82) is 0 Å². The lowest BCUT2D eigenvalue weighted by Crippen LogP contribution is -2.16. The number of hydrogen-bond donors (Lipinski definition) is 2. The van der Waals surface area contributed by atoms with Crippen LogP contribution < -0.4 is 10.5 Å². The fourth-order valence-electron chi connectivity index (χ4n) is 2.40. The molecule has 1 aromatic heterocycles. The van der Waals surface area contributed by atoms with Gasteiger partial charge >= 0.3 is 6.36 Å². The molecule has 1 amide bonds.